The number of fused-ring (bicyclic) bond motifs is 1. The maximum absolute atomic E-state index is 13.6. The molecule has 0 unspecified atom stereocenters. The molecule has 1 fully saturated rings. The highest BCUT2D eigenvalue weighted by molar-refractivity contribution is 6.00. The van der Waals surface area contributed by atoms with E-state index in [9.17, 15) is 9.59 Å². The van der Waals surface area contributed by atoms with Crippen LogP contribution in [-0.4, -0.2) is 33.8 Å². The van der Waals surface area contributed by atoms with Gasteiger partial charge in [0.05, 0.1) is 18.5 Å². The number of ether oxygens (including phenoxy) is 1. The van der Waals surface area contributed by atoms with Crippen molar-refractivity contribution in [3.63, 3.8) is 0 Å². The highest BCUT2D eigenvalue weighted by atomic mass is 16.5. The molecule has 2 amide bonds. The summed E-state index contributed by atoms with van der Waals surface area (Å²) in [5, 5.41) is 15.3. The Hall–Kier alpha value is -3.35. The van der Waals surface area contributed by atoms with Crippen molar-refractivity contribution in [2.75, 3.05) is 0 Å². The summed E-state index contributed by atoms with van der Waals surface area (Å²) in [5.74, 6) is 0.782. The summed E-state index contributed by atoms with van der Waals surface area (Å²) in [7, 11) is 0. The molecule has 2 aliphatic rings. The second kappa shape index (κ2) is 10.8. The number of para-hydroxylation sites is 1. The first-order chi connectivity index (χ1) is 18.1. The second-order valence-electron chi connectivity index (χ2n) is 11.3. The molecule has 0 radical (unpaired) electrons. The molecule has 7 heteroatoms. The molecular weight excluding hydrogens is 476 g/mol. The number of benzene rings is 2. The molecule has 0 saturated carbocycles. The van der Waals surface area contributed by atoms with Crippen LogP contribution in [0.15, 0.2) is 48.5 Å². The zero-order valence-electron chi connectivity index (χ0n) is 23.6. The third-order valence-corrected chi connectivity index (χ3v) is 8.65. The molecule has 0 spiro atoms. The molecule has 3 N–H and O–H groups in total. The largest absolute Gasteiger partial charge is 0.487 e. The second-order valence-corrected chi connectivity index (χ2v) is 11.3. The van der Waals surface area contributed by atoms with E-state index in [1.807, 2.05) is 62.4 Å². The fourth-order valence-electron chi connectivity index (χ4n) is 5.77. The lowest BCUT2D eigenvalue weighted by molar-refractivity contribution is -0.132. The quantitative estimate of drug-likeness (QED) is 0.392. The van der Waals surface area contributed by atoms with Gasteiger partial charge in [0.1, 0.15) is 11.4 Å². The number of amides is 2. The van der Waals surface area contributed by atoms with Crippen molar-refractivity contribution >= 4 is 17.8 Å². The van der Waals surface area contributed by atoms with Crippen molar-refractivity contribution in [3.05, 3.63) is 65.2 Å². The minimum Gasteiger partial charge on any atom is -0.487 e. The van der Waals surface area contributed by atoms with E-state index in [-0.39, 0.29) is 41.3 Å². The van der Waals surface area contributed by atoms with E-state index >= 15 is 0 Å². The van der Waals surface area contributed by atoms with Gasteiger partial charge in [-0.3, -0.25) is 19.9 Å². The molecule has 204 valence electrons. The van der Waals surface area contributed by atoms with E-state index in [0.717, 1.165) is 36.1 Å². The number of nitrogens with one attached hydrogen (secondary N) is 3. The molecule has 7 nitrogen and oxygen atoms in total. The molecule has 1 saturated heterocycles. The number of carbonyl (C=O) groups is 2. The van der Waals surface area contributed by atoms with Crippen LogP contribution in [0.1, 0.15) is 107 Å². The predicted octanol–water partition coefficient (Wildman–Crippen LogP) is 6.12. The fourth-order valence-corrected chi connectivity index (χ4v) is 5.77. The number of hydrogen-bond donors (Lipinski definition) is 3. The molecule has 0 aromatic heterocycles. The van der Waals surface area contributed by atoms with Crippen molar-refractivity contribution in [2.45, 2.75) is 96.9 Å². The summed E-state index contributed by atoms with van der Waals surface area (Å²) >= 11 is 0. The van der Waals surface area contributed by atoms with Crippen LogP contribution >= 0.6 is 0 Å². The fraction of sp³-hybridized carbons (Fsp3) is 0.516. The Morgan fingerprint density at radius 2 is 1.87 bits per heavy atom. The van der Waals surface area contributed by atoms with Gasteiger partial charge in [0.25, 0.3) is 5.91 Å². The van der Waals surface area contributed by atoms with E-state index in [2.05, 4.69) is 38.3 Å². The molecule has 2 heterocycles. The summed E-state index contributed by atoms with van der Waals surface area (Å²) in [6.45, 7) is 12.4. The van der Waals surface area contributed by atoms with E-state index in [0.29, 0.717) is 18.4 Å². The standard InChI is InChI=1S/C31H42N4O3/c1-7-13-24(35-26(36)19-31(8-2,9-3)34-29(35)32)21-14-12-15-22(18-21)28(37)33-27-20(4)30(5,6)38-25-17-11-10-16-23(25)27/h10-12,14-18,20,24,27H,7-9,13,19H2,1-6H3,(H2,32,34)(H,33,37)/t20-,24+,27-/m0/s1. The minimum atomic E-state index is -0.436. The third-order valence-electron chi connectivity index (χ3n) is 8.65. The number of carbonyl (C=O) groups excluding carboxylic acids is 2. The first-order valence-corrected chi connectivity index (χ1v) is 13.9. The molecule has 2 aromatic rings. The SMILES string of the molecule is CCC[C@H](c1cccc(C(=O)N[C@@H]2c3ccccc3OC(C)(C)[C@H]2C)c1)N1C(=N)NC(CC)(CC)CC1=O. The van der Waals surface area contributed by atoms with Crippen LogP contribution in [0.2, 0.25) is 0 Å². The van der Waals surface area contributed by atoms with Gasteiger partial charge < -0.3 is 15.4 Å². The Bertz CT molecular complexity index is 1180. The lowest BCUT2D eigenvalue weighted by Gasteiger charge is -2.45. The van der Waals surface area contributed by atoms with Crippen molar-refractivity contribution in [1.82, 2.24) is 15.5 Å². The molecule has 38 heavy (non-hydrogen) atoms. The van der Waals surface area contributed by atoms with Gasteiger partial charge in [0.15, 0.2) is 5.96 Å². The van der Waals surface area contributed by atoms with Crippen LogP contribution in [0.3, 0.4) is 0 Å². The summed E-state index contributed by atoms with van der Waals surface area (Å²) in [5.41, 5.74) is 1.57. The Labute approximate surface area is 226 Å². The monoisotopic (exact) mass is 518 g/mol. The first kappa shape index (κ1) is 27.7. The van der Waals surface area contributed by atoms with Gasteiger partial charge >= 0.3 is 0 Å². The lowest BCUT2D eigenvalue weighted by Crippen LogP contribution is -2.62. The van der Waals surface area contributed by atoms with Gasteiger partial charge in [-0.25, -0.2) is 0 Å². The Morgan fingerprint density at radius 3 is 2.53 bits per heavy atom. The van der Waals surface area contributed by atoms with E-state index in [1.165, 1.54) is 0 Å². The number of guanidine groups is 1. The Kier molecular flexibility index (Phi) is 7.86. The number of hydrogen-bond acceptors (Lipinski definition) is 4. The Balaban J connectivity index is 1.61. The lowest BCUT2D eigenvalue weighted by atomic mass is 9.79. The number of rotatable bonds is 8. The van der Waals surface area contributed by atoms with E-state index < -0.39 is 5.60 Å². The number of nitrogens with zero attached hydrogens (tertiary/aromatic N) is 1. The van der Waals surface area contributed by atoms with Crippen LogP contribution in [0.25, 0.3) is 0 Å². The van der Waals surface area contributed by atoms with Gasteiger partial charge in [0.2, 0.25) is 5.91 Å². The molecular formula is C31H42N4O3. The molecule has 3 atom stereocenters. The van der Waals surface area contributed by atoms with Crippen molar-refractivity contribution in [3.8, 4) is 5.75 Å². The van der Waals surface area contributed by atoms with Crippen LogP contribution in [-0.2, 0) is 4.79 Å². The summed E-state index contributed by atoms with van der Waals surface area (Å²) in [4.78, 5) is 28.6. The van der Waals surface area contributed by atoms with Gasteiger partial charge in [-0.2, -0.15) is 0 Å². The molecule has 4 rings (SSSR count). The van der Waals surface area contributed by atoms with Crippen LogP contribution < -0.4 is 15.4 Å². The van der Waals surface area contributed by atoms with Gasteiger partial charge in [-0.15, -0.1) is 0 Å². The van der Waals surface area contributed by atoms with Crippen molar-refractivity contribution in [2.24, 2.45) is 5.92 Å². The zero-order valence-corrected chi connectivity index (χ0v) is 23.6. The molecule has 0 bridgehead atoms. The van der Waals surface area contributed by atoms with Crippen LogP contribution in [0.4, 0.5) is 0 Å². The van der Waals surface area contributed by atoms with E-state index in [4.69, 9.17) is 10.1 Å². The van der Waals surface area contributed by atoms with Gasteiger partial charge in [0, 0.05) is 22.6 Å². The minimum absolute atomic E-state index is 0.0411. The highest BCUT2D eigenvalue weighted by Crippen LogP contribution is 2.43. The van der Waals surface area contributed by atoms with Gasteiger partial charge in [-0.05, 0) is 56.9 Å². The molecule has 2 aromatic carbocycles. The summed E-state index contributed by atoms with van der Waals surface area (Å²) in [6.07, 6.45) is 3.47. The molecule has 2 aliphatic heterocycles. The average molecular weight is 519 g/mol. The van der Waals surface area contributed by atoms with Crippen molar-refractivity contribution in [1.29, 1.82) is 5.41 Å². The van der Waals surface area contributed by atoms with Gasteiger partial charge in [-0.1, -0.05) is 64.4 Å². The summed E-state index contributed by atoms with van der Waals surface area (Å²) < 4.78 is 6.23. The molecule has 0 aliphatic carbocycles. The first-order valence-electron chi connectivity index (χ1n) is 13.9. The Morgan fingerprint density at radius 1 is 1.16 bits per heavy atom. The maximum atomic E-state index is 13.6. The smallest absolute Gasteiger partial charge is 0.251 e. The van der Waals surface area contributed by atoms with E-state index in [1.54, 1.807) is 4.90 Å². The zero-order chi connectivity index (χ0) is 27.7. The highest BCUT2D eigenvalue weighted by Gasteiger charge is 2.43. The topological polar surface area (TPSA) is 94.5 Å². The third kappa shape index (κ3) is 5.16. The predicted molar refractivity (Wildman–Crippen MR) is 150 cm³/mol. The average Bonchev–Trinajstić information content (AvgIpc) is 2.90. The maximum Gasteiger partial charge on any atom is 0.251 e. The normalized spacial score (nSPS) is 22.6. The van der Waals surface area contributed by atoms with Crippen LogP contribution in [0.5, 0.6) is 5.75 Å². The van der Waals surface area contributed by atoms with Crippen molar-refractivity contribution < 1.29 is 14.3 Å². The summed E-state index contributed by atoms with van der Waals surface area (Å²) in [6, 6.07) is 14.9. The van der Waals surface area contributed by atoms with Crippen LogP contribution in [0, 0.1) is 11.3 Å².